The van der Waals surface area contributed by atoms with Crippen LogP contribution in [0.3, 0.4) is 0 Å². The van der Waals surface area contributed by atoms with Gasteiger partial charge in [0.15, 0.2) is 0 Å². The van der Waals surface area contributed by atoms with Gasteiger partial charge in [0.1, 0.15) is 5.76 Å². The molecule has 2 heteroatoms. The fraction of sp³-hybridized carbons (Fsp3) is 0.818. The summed E-state index contributed by atoms with van der Waals surface area (Å²) < 4.78 is 5.09. The normalized spacial score (nSPS) is 20.4. The Labute approximate surface area is 81.6 Å². The Hall–Kier alpha value is -0.500. The number of nitrogens with zero attached hydrogens (tertiary/aromatic N) is 1. The molecule has 0 N–H and O–H groups in total. The Balaban J connectivity index is 2.25. The Bertz CT molecular complexity index is 148. The molecule has 1 heterocycles. The zero-order chi connectivity index (χ0) is 9.52. The average Bonchev–Trinajstić information content (AvgIpc) is 2.09. The lowest BCUT2D eigenvalue weighted by molar-refractivity contribution is 0.202. The maximum Gasteiger partial charge on any atom is 0.102 e. The summed E-state index contributed by atoms with van der Waals surface area (Å²) in [6.07, 6.45) is 6.85. The van der Waals surface area contributed by atoms with E-state index >= 15 is 0 Å². The lowest BCUT2D eigenvalue weighted by Gasteiger charge is -2.24. The summed E-state index contributed by atoms with van der Waals surface area (Å²) in [7, 11) is 1.70. The molecule has 0 aromatic heterocycles. The number of rotatable bonds is 3. The number of hydrogen-bond acceptors (Lipinski definition) is 2. The van der Waals surface area contributed by atoms with Gasteiger partial charge in [0.05, 0.1) is 13.7 Å². The second kappa shape index (κ2) is 6.03. The van der Waals surface area contributed by atoms with E-state index in [9.17, 15) is 0 Å². The average molecular weight is 183 g/mol. The summed E-state index contributed by atoms with van der Waals surface area (Å²) in [4.78, 5) is 2.45. The minimum absolute atomic E-state index is 0.889. The van der Waals surface area contributed by atoms with Crippen LogP contribution in [0.15, 0.2) is 12.3 Å². The van der Waals surface area contributed by atoms with Crippen LogP contribution in [0.4, 0.5) is 0 Å². The highest BCUT2D eigenvalue weighted by molar-refractivity contribution is 4.86. The Kier molecular flexibility index (Phi) is 4.91. The molecule has 1 fully saturated rings. The third kappa shape index (κ3) is 4.32. The fourth-order valence-electron chi connectivity index (χ4n) is 1.79. The minimum atomic E-state index is 0.889. The molecule has 0 aromatic carbocycles. The van der Waals surface area contributed by atoms with Crippen molar-refractivity contribution in [2.45, 2.75) is 32.1 Å². The monoisotopic (exact) mass is 183 g/mol. The van der Waals surface area contributed by atoms with Gasteiger partial charge in [0, 0.05) is 0 Å². The summed E-state index contributed by atoms with van der Waals surface area (Å²) in [5, 5.41) is 0. The van der Waals surface area contributed by atoms with Crippen molar-refractivity contribution in [1.29, 1.82) is 0 Å². The van der Waals surface area contributed by atoms with Gasteiger partial charge in [-0.1, -0.05) is 25.8 Å². The number of hydrogen-bond donors (Lipinski definition) is 0. The molecule has 0 amide bonds. The molecule has 0 unspecified atom stereocenters. The first-order chi connectivity index (χ1) is 6.33. The molecule has 0 radical (unpaired) electrons. The van der Waals surface area contributed by atoms with E-state index in [1.807, 2.05) is 0 Å². The molecule has 1 saturated heterocycles. The summed E-state index contributed by atoms with van der Waals surface area (Å²) >= 11 is 0. The lowest BCUT2D eigenvalue weighted by atomic mass is 10.1. The van der Waals surface area contributed by atoms with Gasteiger partial charge in [-0.2, -0.15) is 0 Å². The van der Waals surface area contributed by atoms with Crippen LogP contribution in [0, 0.1) is 0 Å². The molecule has 0 aliphatic carbocycles. The van der Waals surface area contributed by atoms with Gasteiger partial charge in [-0.05, 0) is 25.9 Å². The van der Waals surface area contributed by atoms with Crippen LogP contribution < -0.4 is 0 Å². The van der Waals surface area contributed by atoms with E-state index in [0.29, 0.717) is 0 Å². The molecule has 0 spiro atoms. The van der Waals surface area contributed by atoms with Crippen molar-refractivity contribution < 1.29 is 4.74 Å². The molecule has 0 aromatic rings. The van der Waals surface area contributed by atoms with Crippen molar-refractivity contribution >= 4 is 0 Å². The topological polar surface area (TPSA) is 12.5 Å². The van der Waals surface area contributed by atoms with Gasteiger partial charge in [-0.15, -0.1) is 0 Å². The van der Waals surface area contributed by atoms with Crippen LogP contribution in [0.1, 0.15) is 32.1 Å². The van der Waals surface area contributed by atoms with Crippen molar-refractivity contribution in [3.63, 3.8) is 0 Å². The van der Waals surface area contributed by atoms with Crippen LogP contribution in [0.2, 0.25) is 0 Å². The highest BCUT2D eigenvalue weighted by Crippen LogP contribution is 2.11. The molecule has 0 atom stereocenters. The Morgan fingerprint density at radius 2 is 1.69 bits per heavy atom. The van der Waals surface area contributed by atoms with E-state index < -0.39 is 0 Å². The molecule has 2 nitrogen and oxygen atoms in total. The lowest BCUT2D eigenvalue weighted by Crippen LogP contribution is -2.29. The van der Waals surface area contributed by atoms with E-state index in [4.69, 9.17) is 4.74 Å². The molecule has 1 rings (SSSR count). The second-order valence-electron chi connectivity index (χ2n) is 3.79. The van der Waals surface area contributed by atoms with Gasteiger partial charge < -0.3 is 4.74 Å². The van der Waals surface area contributed by atoms with Gasteiger partial charge in [0.2, 0.25) is 0 Å². The third-order valence-corrected chi connectivity index (χ3v) is 2.64. The molecular formula is C11H21NO. The molecular weight excluding hydrogens is 162 g/mol. The molecule has 1 aliphatic heterocycles. The van der Waals surface area contributed by atoms with Crippen LogP contribution in [0.5, 0.6) is 0 Å². The largest absolute Gasteiger partial charge is 0.500 e. The summed E-state index contributed by atoms with van der Waals surface area (Å²) in [6, 6.07) is 0. The SMILES string of the molecule is C=C(CN1CCCCCCC1)OC. The smallest absolute Gasteiger partial charge is 0.102 e. The van der Waals surface area contributed by atoms with Crippen LogP contribution >= 0.6 is 0 Å². The molecule has 1 aliphatic rings. The van der Waals surface area contributed by atoms with E-state index in [1.54, 1.807) is 7.11 Å². The van der Waals surface area contributed by atoms with Crippen molar-refractivity contribution in [3.8, 4) is 0 Å². The highest BCUT2D eigenvalue weighted by Gasteiger charge is 2.08. The Morgan fingerprint density at radius 1 is 1.15 bits per heavy atom. The summed E-state index contributed by atoms with van der Waals surface area (Å²) in [5.74, 6) is 0.889. The first-order valence-electron chi connectivity index (χ1n) is 5.27. The second-order valence-corrected chi connectivity index (χ2v) is 3.79. The van der Waals surface area contributed by atoms with Gasteiger partial charge in [-0.25, -0.2) is 0 Å². The van der Waals surface area contributed by atoms with Crippen LogP contribution in [-0.2, 0) is 4.74 Å². The van der Waals surface area contributed by atoms with Crippen LogP contribution in [-0.4, -0.2) is 31.6 Å². The van der Waals surface area contributed by atoms with E-state index in [-0.39, 0.29) is 0 Å². The van der Waals surface area contributed by atoms with Crippen molar-refractivity contribution in [2.24, 2.45) is 0 Å². The number of likely N-dealkylation sites (tertiary alicyclic amines) is 1. The predicted molar refractivity (Wildman–Crippen MR) is 55.7 cm³/mol. The van der Waals surface area contributed by atoms with E-state index in [1.165, 1.54) is 45.2 Å². The zero-order valence-corrected chi connectivity index (χ0v) is 8.72. The standard InChI is InChI=1S/C11H21NO/c1-11(13-2)10-12-8-6-4-3-5-7-9-12/h1,3-10H2,2H3. The zero-order valence-electron chi connectivity index (χ0n) is 8.72. The van der Waals surface area contributed by atoms with Crippen molar-refractivity contribution in [1.82, 2.24) is 4.90 Å². The predicted octanol–water partition coefficient (Wildman–Crippen LogP) is 2.41. The first kappa shape index (κ1) is 10.6. The van der Waals surface area contributed by atoms with Crippen molar-refractivity contribution in [2.75, 3.05) is 26.7 Å². The molecule has 13 heavy (non-hydrogen) atoms. The maximum atomic E-state index is 5.09. The molecule has 76 valence electrons. The van der Waals surface area contributed by atoms with Gasteiger partial charge in [0.25, 0.3) is 0 Å². The van der Waals surface area contributed by atoms with E-state index in [2.05, 4.69) is 11.5 Å². The third-order valence-electron chi connectivity index (χ3n) is 2.64. The summed E-state index contributed by atoms with van der Waals surface area (Å²) in [5.41, 5.74) is 0. The van der Waals surface area contributed by atoms with Crippen molar-refractivity contribution in [3.05, 3.63) is 12.3 Å². The highest BCUT2D eigenvalue weighted by atomic mass is 16.5. The number of methoxy groups -OCH3 is 1. The van der Waals surface area contributed by atoms with E-state index in [0.717, 1.165) is 12.3 Å². The maximum absolute atomic E-state index is 5.09. The fourth-order valence-corrected chi connectivity index (χ4v) is 1.79. The Morgan fingerprint density at radius 3 is 2.23 bits per heavy atom. The molecule has 0 bridgehead atoms. The summed E-state index contributed by atoms with van der Waals surface area (Å²) in [6.45, 7) is 7.19. The number of ether oxygens (including phenoxy) is 1. The quantitative estimate of drug-likeness (QED) is 0.623. The van der Waals surface area contributed by atoms with Gasteiger partial charge >= 0.3 is 0 Å². The molecule has 0 saturated carbocycles. The van der Waals surface area contributed by atoms with Crippen LogP contribution in [0.25, 0.3) is 0 Å². The van der Waals surface area contributed by atoms with Gasteiger partial charge in [-0.3, -0.25) is 4.90 Å². The first-order valence-corrected chi connectivity index (χ1v) is 5.27. The minimum Gasteiger partial charge on any atom is -0.500 e.